The van der Waals surface area contributed by atoms with Crippen LogP contribution in [-0.4, -0.2) is 5.91 Å². The molecule has 0 aliphatic heterocycles. The van der Waals surface area contributed by atoms with Gasteiger partial charge >= 0.3 is 0 Å². The zero-order chi connectivity index (χ0) is 14.0. The summed E-state index contributed by atoms with van der Waals surface area (Å²) in [5, 5.41) is 2.95. The third-order valence-electron chi connectivity index (χ3n) is 2.37. The second-order valence-corrected chi connectivity index (χ2v) is 5.10. The van der Waals surface area contributed by atoms with E-state index in [0.717, 1.165) is 6.07 Å². The second kappa shape index (κ2) is 5.82. The highest BCUT2D eigenvalue weighted by Crippen LogP contribution is 2.23. The minimum absolute atomic E-state index is 0.0371. The summed E-state index contributed by atoms with van der Waals surface area (Å²) < 4.78 is 13.6. The van der Waals surface area contributed by atoms with Crippen molar-refractivity contribution in [1.29, 1.82) is 0 Å². The standard InChI is InChI=1S/C13H8Cl2FNOS/c14-7-1-4-12(11(16)5-7)17-13(18)9-6-8(19)2-3-10(9)15/h1-6,19H,(H,17,18). The van der Waals surface area contributed by atoms with Crippen LogP contribution >= 0.6 is 35.8 Å². The van der Waals surface area contributed by atoms with Crippen molar-refractivity contribution in [3.63, 3.8) is 0 Å². The molecule has 2 aromatic carbocycles. The molecule has 0 aliphatic rings. The molecular weight excluding hydrogens is 308 g/mol. The molecule has 0 bridgehead atoms. The maximum absolute atomic E-state index is 13.6. The Morgan fingerprint density at radius 2 is 1.89 bits per heavy atom. The highest BCUT2D eigenvalue weighted by atomic mass is 35.5. The van der Waals surface area contributed by atoms with Crippen LogP contribution in [0.3, 0.4) is 0 Å². The first-order valence-corrected chi connectivity index (χ1v) is 6.42. The van der Waals surface area contributed by atoms with E-state index in [1.54, 1.807) is 12.1 Å². The van der Waals surface area contributed by atoms with Crippen molar-refractivity contribution in [1.82, 2.24) is 0 Å². The van der Waals surface area contributed by atoms with Gasteiger partial charge in [-0.25, -0.2) is 4.39 Å². The smallest absolute Gasteiger partial charge is 0.257 e. The van der Waals surface area contributed by atoms with Crippen LogP contribution in [0.1, 0.15) is 10.4 Å². The molecule has 1 N–H and O–H groups in total. The average Bonchev–Trinajstić information content (AvgIpc) is 2.35. The number of hydrogen-bond donors (Lipinski definition) is 2. The van der Waals surface area contributed by atoms with E-state index in [2.05, 4.69) is 17.9 Å². The van der Waals surface area contributed by atoms with Gasteiger partial charge in [-0.15, -0.1) is 12.6 Å². The van der Waals surface area contributed by atoms with Crippen molar-refractivity contribution < 1.29 is 9.18 Å². The third-order valence-corrected chi connectivity index (χ3v) is 3.22. The maximum atomic E-state index is 13.6. The molecule has 0 aliphatic carbocycles. The zero-order valence-corrected chi connectivity index (χ0v) is 11.9. The van der Waals surface area contributed by atoms with Crippen LogP contribution in [0.5, 0.6) is 0 Å². The number of anilines is 1. The minimum atomic E-state index is -0.612. The Labute approximate surface area is 124 Å². The number of rotatable bonds is 2. The summed E-state index contributed by atoms with van der Waals surface area (Å²) in [5.41, 5.74) is 0.263. The molecule has 0 heterocycles. The van der Waals surface area contributed by atoms with Gasteiger partial charge in [-0.3, -0.25) is 4.79 Å². The predicted molar refractivity (Wildman–Crippen MR) is 78.1 cm³/mol. The molecule has 2 aromatic rings. The molecule has 1 amide bonds. The molecule has 0 fully saturated rings. The first-order valence-electron chi connectivity index (χ1n) is 5.22. The Bertz CT molecular complexity index is 649. The van der Waals surface area contributed by atoms with Crippen LogP contribution in [0.2, 0.25) is 10.0 Å². The first kappa shape index (κ1) is 14.2. The molecule has 0 spiro atoms. The van der Waals surface area contributed by atoms with Crippen LogP contribution in [0.15, 0.2) is 41.3 Å². The van der Waals surface area contributed by atoms with E-state index in [1.807, 2.05) is 0 Å². The number of carbonyl (C=O) groups excluding carboxylic acids is 1. The van der Waals surface area contributed by atoms with Gasteiger partial charge in [0, 0.05) is 9.92 Å². The van der Waals surface area contributed by atoms with Crippen LogP contribution < -0.4 is 5.32 Å². The van der Waals surface area contributed by atoms with Crippen molar-refractivity contribution in [2.24, 2.45) is 0 Å². The molecule has 98 valence electrons. The summed E-state index contributed by atoms with van der Waals surface area (Å²) in [5.74, 6) is -1.12. The average molecular weight is 316 g/mol. The molecule has 0 unspecified atom stereocenters. The fourth-order valence-electron chi connectivity index (χ4n) is 1.47. The van der Waals surface area contributed by atoms with Gasteiger partial charge in [0.15, 0.2) is 0 Å². The van der Waals surface area contributed by atoms with Gasteiger partial charge in [0.2, 0.25) is 0 Å². The number of thiol groups is 1. The lowest BCUT2D eigenvalue weighted by atomic mass is 10.2. The lowest BCUT2D eigenvalue weighted by Gasteiger charge is -2.08. The van der Waals surface area contributed by atoms with E-state index in [9.17, 15) is 9.18 Å². The highest BCUT2D eigenvalue weighted by molar-refractivity contribution is 7.80. The van der Waals surface area contributed by atoms with E-state index < -0.39 is 11.7 Å². The van der Waals surface area contributed by atoms with Gasteiger partial charge in [0.05, 0.1) is 16.3 Å². The molecule has 0 aromatic heterocycles. The minimum Gasteiger partial charge on any atom is -0.319 e. The Morgan fingerprint density at radius 3 is 2.58 bits per heavy atom. The molecule has 0 atom stereocenters. The normalized spacial score (nSPS) is 10.3. The number of hydrogen-bond acceptors (Lipinski definition) is 2. The van der Waals surface area contributed by atoms with E-state index in [-0.39, 0.29) is 21.3 Å². The Morgan fingerprint density at radius 1 is 1.16 bits per heavy atom. The summed E-state index contributed by atoms with van der Waals surface area (Å²) >= 11 is 15.7. The number of nitrogens with one attached hydrogen (secondary N) is 1. The number of carbonyl (C=O) groups is 1. The maximum Gasteiger partial charge on any atom is 0.257 e. The van der Waals surface area contributed by atoms with Crippen molar-refractivity contribution in [2.45, 2.75) is 4.90 Å². The summed E-state index contributed by atoms with van der Waals surface area (Å²) in [4.78, 5) is 12.6. The van der Waals surface area contributed by atoms with Gasteiger partial charge in [-0.05, 0) is 36.4 Å². The molecular formula is C13H8Cl2FNOS. The fourth-order valence-corrected chi connectivity index (χ4v) is 2.03. The predicted octanol–water partition coefficient (Wildman–Crippen LogP) is 4.67. The molecule has 6 heteroatoms. The van der Waals surface area contributed by atoms with Gasteiger partial charge in [-0.2, -0.15) is 0 Å². The topological polar surface area (TPSA) is 29.1 Å². The van der Waals surface area contributed by atoms with Gasteiger partial charge in [0.1, 0.15) is 5.82 Å². The molecule has 19 heavy (non-hydrogen) atoms. The van der Waals surface area contributed by atoms with Crippen LogP contribution in [0.25, 0.3) is 0 Å². The Hall–Kier alpha value is -1.23. The largest absolute Gasteiger partial charge is 0.319 e. The monoisotopic (exact) mass is 315 g/mol. The Balaban J connectivity index is 2.28. The summed E-state index contributed by atoms with van der Waals surface area (Å²) in [6.07, 6.45) is 0. The summed E-state index contributed by atoms with van der Waals surface area (Å²) in [6, 6.07) is 8.70. The number of benzene rings is 2. The molecule has 0 radical (unpaired) electrons. The van der Waals surface area contributed by atoms with E-state index >= 15 is 0 Å². The van der Waals surface area contributed by atoms with Gasteiger partial charge < -0.3 is 5.32 Å². The summed E-state index contributed by atoms with van der Waals surface area (Å²) in [6.45, 7) is 0. The van der Waals surface area contributed by atoms with Crippen molar-refractivity contribution in [3.8, 4) is 0 Å². The number of amides is 1. The Kier molecular flexibility index (Phi) is 4.34. The first-order chi connectivity index (χ1) is 8.97. The van der Waals surface area contributed by atoms with E-state index in [4.69, 9.17) is 23.2 Å². The molecule has 2 nitrogen and oxygen atoms in total. The SMILES string of the molecule is O=C(Nc1ccc(Cl)cc1F)c1cc(S)ccc1Cl. The van der Waals surface area contributed by atoms with Crippen molar-refractivity contribution >= 4 is 47.4 Å². The molecule has 0 saturated heterocycles. The van der Waals surface area contributed by atoms with Crippen molar-refractivity contribution in [3.05, 3.63) is 57.8 Å². The third kappa shape index (κ3) is 3.41. The second-order valence-electron chi connectivity index (χ2n) is 3.74. The molecule has 2 rings (SSSR count). The lowest BCUT2D eigenvalue weighted by Crippen LogP contribution is -2.13. The van der Waals surface area contributed by atoms with Gasteiger partial charge in [-0.1, -0.05) is 23.2 Å². The molecule has 0 saturated carbocycles. The van der Waals surface area contributed by atoms with Crippen LogP contribution in [-0.2, 0) is 0 Å². The zero-order valence-electron chi connectivity index (χ0n) is 9.45. The van der Waals surface area contributed by atoms with Crippen LogP contribution in [0, 0.1) is 5.82 Å². The fraction of sp³-hybridized carbons (Fsp3) is 0. The van der Waals surface area contributed by atoms with E-state index in [0.29, 0.717) is 4.90 Å². The van der Waals surface area contributed by atoms with Crippen molar-refractivity contribution in [2.75, 3.05) is 5.32 Å². The highest BCUT2D eigenvalue weighted by Gasteiger charge is 2.13. The van der Waals surface area contributed by atoms with Crippen LogP contribution in [0.4, 0.5) is 10.1 Å². The van der Waals surface area contributed by atoms with Gasteiger partial charge in [0.25, 0.3) is 5.91 Å². The lowest BCUT2D eigenvalue weighted by molar-refractivity contribution is 0.102. The van der Waals surface area contributed by atoms with E-state index in [1.165, 1.54) is 18.2 Å². The number of halogens is 3. The summed E-state index contributed by atoms with van der Waals surface area (Å²) in [7, 11) is 0. The quantitative estimate of drug-likeness (QED) is 0.774.